The van der Waals surface area contributed by atoms with E-state index in [1.807, 2.05) is 19.2 Å². The first kappa shape index (κ1) is 17.8. The zero-order valence-electron chi connectivity index (χ0n) is 15.9. The normalized spacial score (nSPS) is 17.8. The van der Waals surface area contributed by atoms with E-state index in [2.05, 4.69) is 30.9 Å². The van der Waals surface area contributed by atoms with Crippen LogP contribution in [-0.2, 0) is 19.5 Å². The van der Waals surface area contributed by atoms with Crippen LogP contribution in [0, 0.1) is 5.82 Å². The highest BCUT2D eigenvalue weighted by Gasteiger charge is 2.20. The summed E-state index contributed by atoms with van der Waals surface area (Å²) in [5, 5.41) is 3.46. The van der Waals surface area contributed by atoms with Gasteiger partial charge in [-0.05, 0) is 37.1 Å². The van der Waals surface area contributed by atoms with Gasteiger partial charge in [-0.15, -0.1) is 0 Å². The molecule has 4 rings (SSSR count). The number of hydrogen-bond donors (Lipinski definition) is 1. The summed E-state index contributed by atoms with van der Waals surface area (Å²) in [6, 6.07) is 6.73. The molecule has 27 heavy (non-hydrogen) atoms. The van der Waals surface area contributed by atoms with E-state index in [1.165, 1.54) is 30.8 Å². The van der Waals surface area contributed by atoms with Crippen LogP contribution in [0.3, 0.4) is 0 Å². The first-order valence-corrected chi connectivity index (χ1v) is 9.74. The van der Waals surface area contributed by atoms with Crippen molar-refractivity contribution in [1.82, 2.24) is 19.8 Å². The van der Waals surface area contributed by atoms with Crippen LogP contribution in [0.2, 0.25) is 0 Å². The Hall–Kier alpha value is -2.57. The first-order valence-electron chi connectivity index (χ1n) is 9.74. The number of nitrogens with zero attached hydrogens (tertiary/aromatic N) is 5. The van der Waals surface area contributed by atoms with Gasteiger partial charge in [0.15, 0.2) is 5.96 Å². The van der Waals surface area contributed by atoms with Crippen molar-refractivity contribution in [3.63, 3.8) is 0 Å². The number of benzene rings is 1. The molecule has 0 saturated carbocycles. The van der Waals surface area contributed by atoms with Crippen LogP contribution in [0.4, 0.5) is 10.1 Å². The molecular weight excluding hydrogens is 343 g/mol. The van der Waals surface area contributed by atoms with Crippen molar-refractivity contribution < 1.29 is 4.39 Å². The number of anilines is 1. The molecule has 0 spiro atoms. The van der Waals surface area contributed by atoms with E-state index < -0.39 is 0 Å². The summed E-state index contributed by atoms with van der Waals surface area (Å²) in [5.74, 6) is 1.93. The van der Waals surface area contributed by atoms with Crippen molar-refractivity contribution in [2.24, 2.45) is 4.99 Å². The van der Waals surface area contributed by atoms with Gasteiger partial charge in [-0.2, -0.15) is 0 Å². The third-order valence-corrected chi connectivity index (χ3v) is 5.37. The number of halogens is 1. The van der Waals surface area contributed by atoms with Crippen molar-refractivity contribution in [1.29, 1.82) is 0 Å². The Kier molecular flexibility index (Phi) is 5.27. The van der Waals surface area contributed by atoms with Crippen LogP contribution in [0.1, 0.15) is 24.4 Å². The molecule has 6 nitrogen and oxygen atoms in total. The third-order valence-electron chi connectivity index (χ3n) is 5.37. The summed E-state index contributed by atoms with van der Waals surface area (Å²) >= 11 is 0. The molecule has 0 amide bonds. The Morgan fingerprint density at radius 3 is 2.59 bits per heavy atom. The summed E-state index contributed by atoms with van der Waals surface area (Å²) in [6.07, 6.45) is 5.74. The maximum Gasteiger partial charge on any atom is 0.194 e. The van der Waals surface area contributed by atoms with Gasteiger partial charge in [0.05, 0.1) is 12.2 Å². The highest BCUT2D eigenvalue weighted by Crippen LogP contribution is 2.17. The predicted molar refractivity (Wildman–Crippen MR) is 106 cm³/mol. The lowest BCUT2D eigenvalue weighted by molar-refractivity contribution is 0.372. The van der Waals surface area contributed by atoms with Crippen LogP contribution in [0.25, 0.3) is 0 Å². The number of rotatable bonds is 3. The molecule has 1 aromatic heterocycles. The van der Waals surface area contributed by atoms with Gasteiger partial charge in [0.1, 0.15) is 11.6 Å². The number of piperazine rings is 1. The van der Waals surface area contributed by atoms with Crippen LogP contribution in [0.5, 0.6) is 0 Å². The largest absolute Gasteiger partial charge is 0.368 e. The molecule has 1 N–H and O–H groups in total. The molecule has 0 bridgehead atoms. The number of aryl methyl sites for hydroxylation is 2. The van der Waals surface area contributed by atoms with Gasteiger partial charge in [0, 0.05) is 58.1 Å². The van der Waals surface area contributed by atoms with Crippen LogP contribution in [0.15, 0.2) is 35.5 Å². The Balaban J connectivity index is 1.31. The van der Waals surface area contributed by atoms with E-state index in [-0.39, 0.29) is 5.82 Å². The highest BCUT2D eigenvalue weighted by molar-refractivity contribution is 5.80. The van der Waals surface area contributed by atoms with Crippen LogP contribution >= 0.6 is 0 Å². The zero-order valence-corrected chi connectivity index (χ0v) is 15.9. The van der Waals surface area contributed by atoms with Gasteiger partial charge in [-0.3, -0.25) is 4.99 Å². The van der Waals surface area contributed by atoms with Gasteiger partial charge in [0.2, 0.25) is 0 Å². The molecular formula is C20H27FN6. The summed E-state index contributed by atoms with van der Waals surface area (Å²) < 4.78 is 15.4. The molecule has 2 aliphatic rings. The quantitative estimate of drug-likeness (QED) is 0.665. The van der Waals surface area contributed by atoms with Crippen molar-refractivity contribution in [2.75, 3.05) is 38.1 Å². The van der Waals surface area contributed by atoms with Crippen molar-refractivity contribution in [3.8, 4) is 0 Å². The Morgan fingerprint density at radius 1 is 1.11 bits per heavy atom. The second-order valence-electron chi connectivity index (χ2n) is 7.15. The molecule has 1 aromatic carbocycles. The highest BCUT2D eigenvalue weighted by atomic mass is 19.1. The van der Waals surface area contributed by atoms with Gasteiger partial charge in [0.25, 0.3) is 0 Å². The standard InChI is InChI=1S/C20H27FN6/c1-22-20(23-14-17-15-27-9-3-2-4-19(27)24-17)26-12-10-25(11-13-26)18-7-5-16(21)6-8-18/h5-8,15H,2-4,9-14H2,1H3,(H,22,23). The first-order chi connectivity index (χ1) is 13.2. The Labute approximate surface area is 159 Å². The molecule has 2 aromatic rings. The fraction of sp³-hybridized carbons (Fsp3) is 0.500. The number of hydrogen-bond acceptors (Lipinski definition) is 3. The van der Waals surface area contributed by atoms with E-state index in [9.17, 15) is 4.39 Å². The second kappa shape index (κ2) is 7.98. The van der Waals surface area contributed by atoms with E-state index in [4.69, 9.17) is 4.98 Å². The smallest absolute Gasteiger partial charge is 0.194 e. The zero-order chi connectivity index (χ0) is 18.6. The maximum absolute atomic E-state index is 13.1. The van der Waals surface area contributed by atoms with Gasteiger partial charge < -0.3 is 19.7 Å². The lowest BCUT2D eigenvalue weighted by Gasteiger charge is -2.37. The number of imidazole rings is 1. The van der Waals surface area contributed by atoms with Crippen LogP contribution < -0.4 is 10.2 Å². The number of aliphatic imine (C=N–C) groups is 1. The molecule has 0 atom stereocenters. The summed E-state index contributed by atoms with van der Waals surface area (Å²) in [5.41, 5.74) is 2.15. The molecule has 3 heterocycles. The molecule has 0 radical (unpaired) electrons. The number of fused-ring (bicyclic) bond motifs is 1. The molecule has 0 unspecified atom stereocenters. The lowest BCUT2D eigenvalue weighted by Crippen LogP contribution is -2.52. The minimum Gasteiger partial charge on any atom is -0.368 e. The molecule has 0 aliphatic carbocycles. The predicted octanol–water partition coefficient (Wildman–Crippen LogP) is 2.26. The average molecular weight is 370 g/mol. The minimum atomic E-state index is -0.192. The SMILES string of the molecule is CN=C(NCc1cn2c(n1)CCCC2)N1CCN(c2ccc(F)cc2)CC1. The van der Waals surface area contributed by atoms with Crippen LogP contribution in [-0.4, -0.2) is 53.6 Å². The fourth-order valence-electron chi connectivity index (χ4n) is 3.89. The van der Waals surface area contributed by atoms with E-state index in [0.717, 1.165) is 56.5 Å². The number of guanidine groups is 1. The van der Waals surface area contributed by atoms with Gasteiger partial charge in [-0.1, -0.05) is 0 Å². The molecule has 1 fully saturated rings. The molecule has 144 valence electrons. The molecule has 7 heteroatoms. The van der Waals surface area contributed by atoms with Crippen molar-refractivity contribution in [2.45, 2.75) is 32.4 Å². The van der Waals surface area contributed by atoms with E-state index >= 15 is 0 Å². The number of aromatic nitrogens is 2. The third kappa shape index (κ3) is 4.07. The Morgan fingerprint density at radius 2 is 1.89 bits per heavy atom. The van der Waals surface area contributed by atoms with Gasteiger partial charge >= 0.3 is 0 Å². The topological polar surface area (TPSA) is 48.7 Å². The monoisotopic (exact) mass is 370 g/mol. The van der Waals surface area contributed by atoms with E-state index in [0.29, 0.717) is 6.54 Å². The Bertz CT molecular complexity index is 766. The number of nitrogens with one attached hydrogen (secondary N) is 1. The minimum absolute atomic E-state index is 0.192. The second-order valence-corrected chi connectivity index (χ2v) is 7.15. The summed E-state index contributed by atoms with van der Waals surface area (Å²) in [7, 11) is 1.83. The van der Waals surface area contributed by atoms with Crippen molar-refractivity contribution in [3.05, 3.63) is 47.8 Å². The fourth-order valence-corrected chi connectivity index (χ4v) is 3.89. The van der Waals surface area contributed by atoms with E-state index in [1.54, 1.807) is 0 Å². The van der Waals surface area contributed by atoms with Crippen molar-refractivity contribution >= 4 is 11.6 Å². The summed E-state index contributed by atoms with van der Waals surface area (Å²) in [6.45, 7) is 5.34. The average Bonchev–Trinajstić information content (AvgIpc) is 3.12. The maximum atomic E-state index is 13.1. The van der Waals surface area contributed by atoms with Gasteiger partial charge in [-0.25, -0.2) is 9.37 Å². The lowest BCUT2D eigenvalue weighted by atomic mass is 10.2. The summed E-state index contributed by atoms with van der Waals surface area (Å²) in [4.78, 5) is 13.8. The molecule has 1 saturated heterocycles. The molecule has 2 aliphatic heterocycles.